The van der Waals surface area contributed by atoms with Crippen molar-refractivity contribution in [1.82, 2.24) is 0 Å². The summed E-state index contributed by atoms with van der Waals surface area (Å²) in [5.41, 5.74) is 0.139. The largest absolute Gasteiger partial charge is 0.508 e. The zero-order valence-corrected chi connectivity index (χ0v) is 12.1. The van der Waals surface area contributed by atoms with Crippen LogP contribution in [-0.2, 0) is 6.61 Å². The van der Waals surface area contributed by atoms with E-state index < -0.39 is 22.2 Å². The molecule has 4 N–H and O–H groups in total. The molecule has 0 aromatic heterocycles. The molecule has 0 bridgehead atoms. The Morgan fingerprint density at radius 1 is 1.13 bits per heavy atom. The molecule has 0 radical (unpaired) electrons. The van der Waals surface area contributed by atoms with Gasteiger partial charge >= 0.3 is 0 Å². The van der Waals surface area contributed by atoms with E-state index in [0.717, 1.165) is 12.1 Å². The third kappa shape index (κ3) is 4.68. The van der Waals surface area contributed by atoms with E-state index in [9.17, 15) is 14.9 Å². The summed E-state index contributed by atoms with van der Waals surface area (Å²) in [4.78, 5) is 20.6. The number of Topliss-reactive ketones (excluding diaryl/α,β-unsaturated/α-hetero) is 1. The van der Waals surface area contributed by atoms with Crippen LogP contribution in [0.3, 0.4) is 0 Å². The van der Waals surface area contributed by atoms with Gasteiger partial charge in [-0.15, -0.1) is 0 Å². The summed E-state index contributed by atoms with van der Waals surface area (Å²) >= 11 is 0. The van der Waals surface area contributed by atoms with Crippen LogP contribution in [0.5, 0.6) is 17.2 Å². The number of aromatic hydroxyl groups is 3. The fourth-order valence-electron chi connectivity index (χ4n) is 1.78. The summed E-state index contributed by atoms with van der Waals surface area (Å²) < 4.78 is 0. The predicted molar refractivity (Wildman–Crippen MR) is 80.5 cm³/mol. The number of ketones is 1. The number of carbonyl (C=O) groups excluding carboxylic acids is 1. The van der Waals surface area contributed by atoms with Gasteiger partial charge in [-0.1, -0.05) is 12.1 Å². The van der Waals surface area contributed by atoms with Crippen LogP contribution < -0.4 is 0 Å². The van der Waals surface area contributed by atoms with Gasteiger partial charge in [0.2, 0.25) is 0 Å². The second-order valence-corrected chi connectivity index (χ2v) is 4.46. The van der Waals surface area contributed by atoms with Gasteiger partial charge in [-0.2, -0.15) is 0 Å². The number of hydrogen-bond acceptors (Lipinski definition) is 7. The van der Waals surface area contributed by atoms with Gasteiger partial charge in [0.1, 0.15) is 22.8 Å². The summed E-state index contributed by atoms with van der Waals surface area (Å²) in [6.45, 7) is 0.920. The fourth-order valence-corrected chi connectivity index (χ4v) is 1.78. The van der Waals surface area contributed by atoms with E-state index in [-0.39, 0.29) is 23.6 Å². The molecule has 0 heterocycles. The lowest BCUT2D eigenvalue weighted by Gasteiger charge is -2.03. The van der Waals surface area contributed by atoms with Crippen molar-refractivity contribution in [3.8, 4) is 17.2 Å². The molecule has 2 aromatic carbocycles. The first kappa shape index (κ1) is 17.9. The Labute approximate surface area is 131 Å². The van der Waals surface area contributed by atoms with Crippen molar-refractivity contribution in [2.24, 2.45) is 0 Å². The number of aliphatic hydroxyl groups is 1. The molecule has 0 unspecified atom stereocenters. The van der Waals surface area contributed by atoms with E-state index in [1.807, 2.05) is 0 Å². The first-order chi connectivity index (χ1) is 10.8. The lowest BCUT2D eigenvalue weighted by atomic mass is 10.1. The number of hydrogen-bond donors (Lipinski definition) is 4. The van der Waals surface area contributed by atoms with E-state index in [2.05, 4.69) is 0 Å². The van der Waals surface area contributed by atoms with Crippen LogP contribution in [0.1, 0.15) is 22.8 Å². The maximum atomic E-state index is 10.8. The van der Waals surface area contributed by atoms with Gasteiger partial charge in [-0.3, -0.25) is 14.9 Å². The zero-order valence-electron chi connectivity index (χ0n) is 12.1. The van der Waals surface area contributed by atoms with Crippen LogP contribution in [0.25, 0.3) is 0 Å². The van der Waals surface area contributed by atoms with Gasteiger partial charge in [0, 0.05) is 18.2 Å². The third-order valence-electron chi connectivity index (χ3n) is 2.79. The molecule has 0 fully saturated rings. The lowest BCUT2D eigenvalue weighted by molar-refractivity contribution is -0.385. The van der Waals surface area contributed by atoms with Crippen LogP contribution in [0.4, 0.5) is 5.69 Å². The molecule has 0 aliphatic heterocycles. The van der Waals surface area contributed by atoms with Gasteiger partial charge in [-0.25, -0.2) is 0 Å². The minimum Gasteiger partial charge on any atom is -0.508 e. The fraction of sp³-hybridized carbons (Fsp3) is 0.133. The minimum absolute atomic E-state index is 0.0324. The molecule has 8 heteroatoms. The molecule has 8 nitrogen and oxygen atoms in total. The monoisotopic (exact) mass is 321 g/mol. The van der Waals surface area contributed by atoms with Crippen molar-refractivity contribution in [2.75, 3.05) is 0 Å². The average Bonchev–Trinajstić information content (AvgIpc) is 2.46. The smallest absolute Gasteiger partial charge is 0.274 e. The van der Waals surface area contributed by atoms with Gasteiger partial charge in [0.25, 0.3) is 5.69 Å². The molecule has 0 atom stereocenters. The number of nitro groups is 1. The molecule has 0 aliphatic rings. The van der Waals surface area contributed by atoms with E-state index in [4.69, 9.17) is 20.4 Å². The lowest BCUT2D eigenvalue weighted by Crippen LogP contribution is -1.93. The minimum atomic E-state index is -0.508. The van der Waals surface area contributed by atoms with Gasteiger partial charge in [0.05, 0.1) is 17.1 Å². The standard InChI is InChI=1S/C8H8O4.C7H7NO3/c1-4(9)8-6(11)2-5(10)3-7(8)12;9-5-6-3-1-2-4-7(6)8(10)11/h2-3,10-12H,1H3;1-4,9H,5H2. The van der Waals surface area contributed by atoms with E-state index in [1.165, 1.54) is 19.1 Å². The van der Waals surface area contributed by atoms with Crippen LogP contribution in [0.2, 0.25) is 0 Å². The number of phenolic OH excluding ortho intramolecular Hbond substituents is 3. The Morgan fingerprint density at radius 3 is 2.04 bits per heavy atom. The third-order valence-corrected chi connectivity index (χ3v) is 2.79. The number of nitro benzene ring substituents is 1. The Bertz CT molecular complexity index is 705. The predicted octanol–water partition coefficient (Wildman–Crippen LogP) is 2.09. The van der Waals surface area contributed by atoms with Gasteiger partial charge in [-0.05, 0) is 13.0 Å². The Hall–Kier alpha value is -3.13. The van der Waals surface area contributed by atoms with Gasteiger partial charge < -0.3 is 20.4 Å². The van der Waals surface area contributed by atoms with Crippen molar-refractivity contribution >= 4 is 11.5 Å². The molecule has 0 amide bonds. The maximum Gasteiger partial charge on any atom is 0.274 e. The van der Waals surface area contributed by atoms with E-state index in [1.54, 1.807) is 12.1 Å². The SMILES string of the molecule is CC(=O)c1c(O)cc(O)cc1O.O=[N+]([O-])c1ccccc1CO. The second kappa shape index (κ2) is 7.76. The van der Waals surface area contributed by atoms with Gasteiger partial charge in [0.15, 0.2) is 5.78 Å². The molecule has 0 aliphatic carbocycles. The average molecular weight is 321 g/mol. The first-order valence-electron chi connectivity index (χ1n) is 6.37. The van der Waals surface area contributed by atoms with Crippen molar-refractivity contribution in [3.05, 3.63) is 57.6 Å². The van der Waals surface area contributed by atoms with Crippen LogP contribution in [-0.4, -0.2) is 31.1 Å². The Morgan fingerprint density at radius 2 is 1.65 bits per heavy atom. The van der Waals surface area contributed by atoms with Crippen LogP contribution >= 0.6 is 0 Å². The number of benzene rings is 2. The van der Waals surface area contributed by atoms with Crippen LogP contribution in [0.15, 0.2) is 36.4 Å². The summed E-state index contributed by atoms with van der Waals surface area (Å²) in [7, 11) is 0. The highest BCUT2D eigenvalue weighted by Gasteiger charge is 2.13. The summed E-state index contributed by atoms with van der Waals surface area (Å²) in [6, 6.07) is 8.10. The molecule has 0 spiro atoms. The highest BCUT2D eigenvalue weighted by Crippen LogP contribution is 2.31. The second-order valence-electron chi connectivity index (χ2n) is 4.46. The van der Waals surface area contributed by atoms with Crippen molar-refractivity contribution in [3.63, 3.8) is 0 Å². The van der Waals surface area contributed by atoms with Crippen molar-refractivity contribution in [2.45, 2.75) is 13.5 Å². The number of nitrogens with zero attached hydrogens (tertiary/aromatic N) is 1. The molecule has 0 saturated heterocycles. The first-order valence-corrected chi connectivity index (χ1v) is 6.37. The number of rotatable bonds is 3. The van der Waals surface area contributed by atoms with Crippen molar-refractivity contribution < 1.29 is 30.1 Å². The van der Waals surface area contributed by atoms with E-state index >= 15 is 0 Å². The number of carbonyl (C=O) groups is 1. The Balaban J connectivity index is 0.000000231. The molecular formula is C15H15NO7. The number of phenols is 3. The zero-order chi connectivity index (χ0) is 17.6. The summed E-state index contributed by atoms with van der Waals surface area (Å²) in [6.07, 6.45) is 0. The molecule has 122 valence electrons. The quantitative estimate of drug-likeness (QED) is 0.385. The summed E-state index contributed by atoms with van der Waals surface area (Å²) in [5.74, 6) is -1.57. The van der Waals surface area contributed by atoms with E-state index in [0.29, 0.717) is 5.56 Å². The highest BCUT2D eigenvalue weighted by molar-refractivity contribution is 5.99. The molecule has 23 heavy (non-hydrogen) atoms. The molecule has 0 saturated carbocycles. The van der Waals surface area contributed by atoms with Crippen molar-refractivity contribution in [1.29, 1.82) is 0 Å². The molecule has 2 aromatic rings. The number of para-hydroxylation sites is 1. The van der Waals surface area contributed by atoms with Crippen LogP contribution in [0, 0.1) is 10.1 Å². The Kier molecular flexibility index (Phi) is 6.04. The summed E-state index contributed by atoms with van der Waals surface area (Å²) in [5, 5.41) is 46.0. The number of aliphatic hydroxyl groups excluding tert-OH is 1. The topological polar surface area (TPSA) is 141 Å². The molecule has 2 rings (SSSR count). The normalized spacial score (nSPS) is 9.65. The molecular weight excluding hydrogens is 306 g/mol. The maximum absolute atomic E-state index is 10.8. The highest BCUT2D eigenvalue weighted by atomic mass is 16.6.